The fourth-order valence-corrected chi connectivity index (χ4v) is 1.61. The van der Waals surface area contributed by atoms with Crippen LogP contribution in [0.5, 0.6) is 0 Å². The molecule has 0 aromatic heterocycles. The predicted octanol–water partition coefficient (Wildman–Crippen LogP) is 1.28. The summed E-state index contributed by atoms with van der Waals surface area (Å²) in [5.74, 6) is 0. The van der Waals surface area contributed by atoms with Crippen molar-refractivity contribution in [2.45, 2.75) is 51.6 Å². The van der Waals surface area contributed by atoms with Gasteiger partial charge in [-0.25, -0.2) is 0 Å². The minimum atomic E-state index is -0.951. The topological polar surface area (TPSA) is 64.8 Å². The van der Waals surface area contributed by atoms with Crippen LogP contribution >= 0.6 is 0 Å². The van der Waals surface area contributed by atoms with Gasteiger partial charge in [-0.3, -0.25) is 0 Å². The second-order valence-electron chi connectivity index (χ2n) is 3.78. The average Bonchev–Trinajstić information content (AvgIpc) is 2.26. The smallest absolute Gasteiger partial charge is 0.106 e. The van der Waals surface area contributed by atoms with Crippen molar-refractivity contribution in [1.29, 1.82) is 0 Å². The molecule has 4 heteroatoms. The number of hydrogen-bond acceptors (Lipinski definition) is 4. The van der Waals surface area contributed by atoms with Crippen molar-refractivity contribution in [3.8, 4) is 0 Å². The van der Waals surface area contributed by atoms with Gasteiger partial charge in [0.05, 0.1) is 12.3 Å². The number of hydrazone groups is 1. The van der Waals surface area contributed by atoms with Gasteiger partial charge in [0, 0.05) is 7.05 Å². The highest BCUT2D eigenvalue weighted by molar-refractivity contribution is 5.93. The van der Waals surface area contributed by atoms with Gasteiger partial charge in [-0.2, -0.15) is 5.10 Å². The molecule has 0 heterocycles. The molecule has 1 unspecified atom stereocenters. The molecule has 1 atom stereocenters. The standard InChI is InChI=1S/C11H24N2O2/c1-4-6-7-8-11(15,5-2)10(9-14)13-12-3/h12,14-15H,4-9H2,1-3H3/b13-10+. The van der Waals surface area contributed by atoms with Crippen molar-refractivity contribution in [2.75, 3.05) is 13.7 Å². The molecule has 15 heavy (non-hydrogen) atoms. The van der Waals surface area contributed by atoms with Crippen molar-refractivity contribution in [2.24, 2.45) is 5.10 Å². The van der Waals surface area contributed by atoms with Crippen LogP contribution in [0.15, 0.2) is 5.10 Å². The molecule has 0 radical (unpaired) electrons. The van der Waals surface area contributed by atoms with E-state index in [1.807, 2.05) is 6.92 Å². The number of nitrogens with zero attached hydrogens (tertiary/aromatic N) is 1. The summed E-state index contributed by atoms with van der Waals surface area (Å²) in [5, 5.41) is 23.4. The minimum absolute atomic E-state index is 0.197. The van der Waals surface area contributed by atoms with Gasteiger partial charge < -0.3 is 15.6 Å². The van der Waals surface area contributed by atoms with E-state index in [1.54, 1.807) is 7.05 Å². The van der Waals surface area contributed by atoms with E-state index in [4.69, 9.17) is 5.11 Å². The van der Waals surface area contributed by atoms with Crippen LogP contribution in [0.25, 0.3) is 0 Å². The number of rotatable bonds is 8. The Morgan fingerprint density at radius 1 is 1.33 bits per heavy atom. The lowest BCUT2D eigenvalue weighted by Crippen LogP contribution is -2.41. The lowest BCUT2D eigenvalue weighted by Gasteiger charge is -2.27. The average molecular weight is 216 g/mol. The first-order valence-electron chi connectivity index (χ1n) is 5.71. The number of aliphatic hydroxyl groups is 2. The Labute approximate surface area is 92.4 Å². The number of aliphatic hydroxyl groups excluding tert-OH is 1. The van der Waals surface area contributed by atoms with Crippen LogP contribution in [0.3, 0.4) is 0 Å². The maximum absolute atomic E-state index is 10.3. The summed E-state index contributed by atoms with van der Waals surface area (Å²) < 4.78 is 0. The van der Waals surface area contributed by atoms with E-state index in [0.29, 0.717) is 18.6 Å². The van der Waals surface area contributed by atoms with E-state index < -0.39 is 5.60 Å². The van der Waals surface area contributed by atoms with E-state index in [1.165, 1.54) is 0 Å². The van der Waals surface area contributed by atoms with Crippen LogP contribution in [0, 0.1) is 0 Å². The maximum Gasteiger partial charge on any atom is 0.106 e. The number of unbranched alkanes of at least 4 members (excludes halogenated alkanes) is 2. The maximum atomic E-state index is 10.3. The Morgan fingerprint density at radius 2 is 2.00 bits per heavy atom. The number of nitrogens with one attached hydrogen (secondary N) is 1. The molecule has 0 saturated heterocycles. The summed E-state index contributed by atoms with van der Waals surface area (Å²) >= 11 is 0. The molecule has 0 bridgehead atoms. The van der Waals surface area contributed by atoms with E-state index in [2.05, 4.69) is 17.5 Å². The Morgan fingerprint density at radius 3 is 2.40 bits per heavy atom. The molecule has 3 N–H and O–H groups in total. The fourth-order valence-electron chi connectivity index (χ4n) is 1.61. The van der Waals surface area contributed by atoms with Crippen LogP contribution in [0.1, 0.15) is 46.0 Å². The Hall–Kier alpha value is -0.610. The molecule has 0 aliphatic carbocycles. The molecular formula is C11H24N2O2. The van der Waals surface area contributed by atoms with Crippen LogP contribution in [-0.4, -0.2) is 35.2 Å². The molecule has 0 aromatic carbocycles. The lowest BCUT2D eigenvalue weighted by atomic mass is 9.88. The molecule has 0 rings (SSSR count). The highest BCUT2D eigenvalue weighted by Crippen LogP contribution is 2.21. The second-order valence-corrected chi connectivity index (χ2v) is 3.78. The van der Waals surface area contributed by atoms with Gasteiger partial charge in [0.15, 0.2) is 0 Å². The van der Waals surface area contributed by atoms with Crippen molar-refractivity contribution in [3.05, 3.63) is 0 Å². The molecule has 0 aromatic rings. The Kier molecular flexibility index (Phi) is 7.34. The normalized spacial score (nSPS) is 16.2. The van der Waals surface area contributed by atoms with Gasteiger partial charge in [0.1, 0.15) is 5.60 Å². The first-order valence-corrected chi connectivity index (χ1v) is 5.71. The van der Waals surface area contributed by atoms with Crippen molar-refractivity contribution in [1.82, 2.24) is 5.43 Å². The third-order valence-corrected chi connectivity index (χ3v) is 2.71. The van der Waals surface area contributed by atoms with Gasteiger partial charge in [0.2, 0.25) is 0 Å². The van der Waals surface area contributed by atoms with Gasteiger partial charge in [0.25, 0.3) is 0 Å². The second kappa shape index (κ2) is 7.65. The molecule has 0 amide bonds. The predicted molar refractivity (Wildman–Crippen MR) is 63.0 cm³/mol. The molecule has 4 nitrogen and oxygen atoms in total. The molecule has 0 aliphatic rings. The third-order valence-electron chi connectivity index (χ3n) is 2.71. The quantitative estimate of drug-likeness (QED) is 0.325. The van der Waals surface area contributed by atoms with Crippen molar-refractivity contribution >= 4 is 5.71 Å². The molecule has 90 valence electrons. The molecule has 0 aliphatic heterocycles. The zero-order chi connectivity index (χ0) is 11.7. The van der Waals surface area contributed by atoms with E-state index >= 15 is 0 Å². The van der Waals surface area contributed by atoms with Gasteiger partial charge in [-0.1, -0.05) is 33.1 Å². The molecule has 0 fully saturated rings. The Bertz CT molecular complexity index is 195. The van der Waals surface area contributed by atoms with Gasteiger partial charge in [-0.15, -0.1) is 0 Å². The summed E-state index contributed by atoms with van der Waals surface area (Å²) in [4.78, 5) is 0. The first-order chi connectivity index (χ1) is 7.14. The minimum Gasteiger partial charge on any atom is -0.390 e. The first kappa shape index (κ1) is 14.4. The van der Waals surface area contributed by atoms with Crippen LogP contribution in [-0.2, 0) is 0 Å². The largest absolute Gasteiger partial charge is 0.390 e. The number of hydrogen-bond donors (Lipinski definition) is 3. The lowest BCUT2D eigenvalue weighted by molar-refractivity contribution is 0.0879. The van der Waals surface area contributed by atoms with Gasteiger partial charge in [-0.05, 0) is 12.8 Å². The summed E-state index contributed by atoms with van der Waals surface area (Å²) in [6.07, 6.45) is 4.43. The van der Waals surface area contributed by atoms with E-state index in [9.17, 15) is 5.11 Å². The van der Waals surface area contributed by atoms with Crippen LogP contribution in [0.4, 0.5) is 0 Å². The molecule has 0 saturated carbocycles. The van der Waals surface area contributed by atoms with Crippen LogP contribution in [0.2, 0.25) is 0 Å². The summed E-state index contributed by atoms with van der Waals surface area (Å²) in [5.41, 5.74) is 2.10. The van der Waals surface area contributed by atoms with Crippen LogP contribution < -0.4 is 5.43 Å². The van der Waals surface area contributed by atoms with E-state index in [0.717, 1.165) is 19.3 Å². The third kappa shape index (κ3) is 4.62. The summed E-state index contributed by atoms with van der Waals surface area (Å²) in [6, 6.07) is 0. The molecular weight excluding hydrogens is 192 g/mol. The zero-order valence-electron chi connectivity index (χ0n) is 10.1. The van der Waals surface area contributed by atoms with Crippen molar-refractivity contribution < 1.29 is 10.2 Å². The highest BCUT2D eigenvalue weighted by atomic mass is 16.3. The van der Waals surface area contributed by atoms with Gasteiger partial charge >= 0.3 is 0 Å². The monoisotopic (exact) mass is 216 g/mol. The van der Waals surface area contributed by atoms with E-state index in [-0.39, 0.29) is 6.61 Å². The fraction of sp³-hybridized carbons (Fsp3) is 0.909. The van der Waals surface area contributed by atoms with Crippen molar-refractivity contribution in [3.63, 3.8) is 0 Å². The summed E-state index contributed by atoms with van der Waals surface area (Å²) in [7, 11) is 1.66. The highest BCUT2D eigenvalue weighted by Gasteiger charge is 2.30. The zero-order valence-corrected chi connectivity index (χ0v) is 10.1. The molecule has 0 spiro atoms. The Balaban J connectivity index is 4.44. The summed E-state index contributed by atoms with van der Waals surface area (Å²) in [6.45, 7) is 3.84. The SMILES string of the molecule is CCCCCC(O)(CC)/C(CO)=N/NC.